The van der Waals surface area contributed by atoms with E-state index in [1.807, 2.05) is 6.07 Å². The molecule has 1 rings (SSSR count). The number of hydrogen-bond donors (Lipinski definition) is 2. The van der Waals surface area contributed by atoms with E-state index in [2.05, 4.69) is 10.3 Å². The van der Waals surface area contributed by atoms with Crippen LogP contribution in [-0.4, -0.2) is 28.5 Å². The Hall–Kier alpha value is -2.17. The summed E-state index contributed by atoms with van der Waals surface area (Å²) in [5, 5.41) is 11.4. The third-order valence-corrected chi connectivity index (χ3v) is 2.65. The molecule has 0 aliphatic rings. The number of carboxylic acid groups (broad SMARTS) is 1. The number of nitrogens with one attached hydrogen (secondary N) is 1. The molecule has 0 fully saturated rings. The quantitative estimate of drug-likeness (QED) is 0.579. The maximum atomic E-state index is 11.5. The highest BCUT2D eigenvalue weighted by Gasteiger charge is 2.09. The lowest BCUT2D eigenvalue weighted by molar-refractivity contribution is -0.141. The zero-order valence-electron chi connectivity index (χ0n) is 10.9. The maximum absolute atomic E-state index is 11.5. The van der Waals surface area contributed by atoms with Crippen LogP contribution in [0.4, 0.5) is 0 Å². The molecule has 5 nitrogen and oxygen atoms in total. The van der Waals surface area contributed by atoms with E-state index >= 15 is 0 Å². The third kappa shape index (κ3) is 6.35. The summed E-state index contributed by atoms with van der Waals surface area (Å²) in [6.45, 7) is 2.14. The average Bonchev–Trinajstić information content (AvgIpc) is 2.42. The SMILES string of the molecule is CC(CCCNC(=O)/C=C/c1cccnc1)C(=O)O. The summed E-state index contributed by atoms with van der Waals surface area (Å²) in [4.78, 5) is 26.0. The molecular formula is C14H18N2O3. The summed E-state index contributed by atoms with van der Waals surface area (Å²) < 4.78 is 0. The Morgan fingerprint density at radius 2 is 2.32 bits per heavy atom. The van der Waals surface area contributed by atoms with Gasteiger partial charge in [-0.3, -0.25) is 14.6 Å². The van der Waals surface area contributed by atoms with Gasteiger partial charge in [-0.2, -0.15) is 0 Å². The summed E-state index contributed by atoms with van der Waals surface area (Å²) in [7, 11) is 0. The van der Waals surface area contributed by atoms with Crippen LogP contribution >= 0.6 is 0 Å². The number of pyridine rings is 1. The Morgan fingerprint density at radius 3 is 2.95 bits per heavy atom. The minimum Gasteiger partial charge on any atom is -0.481 e. The Morgan fingerprint density at radius 1 is 1.53 bits per heavy atom. The van der Waals surface area contributed by atoms with Crippen LogP contribution in [0.3, 0.4) is 0 Å². The van der Waals surface area contributed by atoms with Gasteiger partial charge in [0, 0.05) is 25.0 Å². The first kappa shape index (κ1) is 14.9. The van der Waals surface area contributed by atoms with Crippen LogP contribution in [0.2, 0.25) is 0 Å². The number of rotatable bonds is 7. The van der Waals surface area contributed by atoms with Crippen LogP contribution in [0.15, 0.2) is 30.6 Å². The fourth-order valence-corrected chi connectivity index (χ4v) is 1.45. The van der Waals surface area contributed by atoms with Crippen LogP contribution in [0.1, 0.15) is 25.3 Å². The van der Waals surface area contributed by atoms with Gasteiger partial charge >= 0.3 is 5.97 Å². The van der Waals surface area contributed by atoms with Gasteiger partial charge in [-0.1, -0.05) is 13.0 Å². The molecule has 2 N–H and O–H groups in total. The first-order chi connectivity index (χ1) is 9.09. The Balaban J connectivity index is 2.22. The van der Waals surface area contributed by atoms with E-state index in [1.54, 1.807) is 31.5 Å². The Bertz CT molecular complexity index is 443. The second kappa shape index (κ2) is 8.02. The van der Waals surface area contributed by atoms with Crippen LogP contribution in [-0.2, 0) is 9.59 Å². The number of nitrogens with zero attached hydrogens (tertiary/aromatic N) is 1. The zero-order valence-corrected chi connectivity index (χ0v) is 10.9. The predicted molar refractivity (Wildman–Crippen MR) is 72.3 cm³/mol. The summed E-state index contributed by atoms with van der Waals surface area (Å²) in [6, 6.07) is 3.65. The number of amides is 1. The highest BCUT2D eigenvalue weighted by molar-refractivity contribution is 5.91. The molecule has 5 heteroatoms. The van der Waals surface area contributed by atoms with Crippen LogP contribution in [0.25, 0.3) is 6.08 Å². The maximum Gasteiger partial charge on any atom is 0.306 e. The van der Waals surface area contributed by atoms with Gasteiger partial charge in [-0.15, -0.1) is 0 Å². The van der Waals surface area contributed by atoms with E-state index in [0.29, 0.717) is 19.4 Å². The number of hydrogen-bond acceptors (Lipinski definition) is 3. The molecule has 102 valence electrons. The van der Waals surface area contributed by atoms with Gasteiger partial charge in [-0.25, -0.2) is 0 Å². The first-order valence-electron chi connectivity index (χ1n) is 6.18. The van der Waals surface area contributed by atoms with E-state index in [9.17, 15) is 9.59 Å². The average molecular weight is 262 g/mol. The molecule has 1 amide bonds. The molecule has 0 saturated heterocycles. The van der Waals surface area contributed by atoms with Crippen molar-refractivity contribution in [2.75, 3.05) is 6.54 Å². The minimum atomic E-state index is -0.803. The molecule has 1 atom stereocenters. The molecule has 0 aliphatic carbocycles. The van der Waals surface area contributed by atoms with Crippen LogP contribution < -0.4 is 5.32 Å². The zero-order chi connectivity index (χ0) is 14.1. The van der Waals surface area contributed by atoms with Crippen molar-refractivity contribution in [2.24, 2.45) is 5.92 Å². The smallest absolute Gasteiger partial charge is 0.306 e. The van der Waals surface area contributed by atoms with Gasteiger partial charge in [0.05, 0.1) is 5.92 Å². The van der Waals surface area contributed by atoms with Crippen molar-refractivity contribution >= 4 is 18.0 Å². The van der Waals surface area contributed by atoms with E-state index in [4.69, 9.17) is 5.11 Å². The van der Waals surface area contributed by atoms with Crippen molar-refractivity contribution in [3.05, 3.63) is 36.2 Å². The lowest BCUT2D eigenvalue weighted by atomic mass is 10.1. The van der Waals surface area contributed by atoms with E-state index in [1.165, 1.54) is 6.08 Å². The Kier molecular flexibility index (Phi) is 6.29. The number of carbonyl (C=O) groups excluding carboxylic acids is 1. The number of aliphatic carboxylic acids is 1. The van der Waals surface area contributed by atoms with Crippen molar-refractivity contribution in [1.82, 2.24) is 10.3 Å². The summed E-state index contributed by atoms with van der Waals surface area (Å²) in [5.41, 5.74) is 0.858. The van der Waals surface area contributed by atoms with Crippen LogP contribution in [0.5, 0.6) is 0 Å². The van der Waals surface area contributed by atoms with Crippen LogP contribution in [0, 0.1) is 5.92 Å². The lowest BCUT2D eigenvalue weighted by Crippen LogP contribution is -2.23. The second-order valence-corrected chi connectivity index (χ2v) is 4.29. The molecule has 0 bridgehead atoms. The normalized spacial score (nSPS) is 12.3. The third-order valence-electron chi connectivity index (χ3n) is 2.65. The molecule has 1 aromatic heterocycles. The topological polar surface area (TPSA) is 79.3 Å². The number of carboxylic acids is 1. The molecule has 1 unspecified atom stereocenters. The molecule has 19 heavy (non-hydrogen) atoms. The van der Waals surface area contributed by atoms with Crippen molar-refractivity contribution < 1.29 is 14.7 Å². The Labute approximate surface area is 112 Å². The van der Waals surface area contributed by atoms with Gasteiger partial charge in [-0.05, 0) is 30.5 Å². The molecule has 0 radical (unpaired) electrons. The van der Waals surface area contributed by atoms with E-state index < -0.39 is 5.97 Å². The molecule has 1 aromatic rings. The predicted octanol–water partition coefficient (Wildman–Crippen LogP) is 1.71. The summed E-state index contributed by atoms with van der Waals surface area (Å²) in [6.07, 6.45) is 7.67. The molecule has 0 spiro atoms. The fraction of sp³-hybridized carbons (Fsp3) is 0.357. The van der Waals surface area contributed by atoms with Gasteiger partial charge in [0.2, 0.25) is 5.91 Å². The number of aromatic nitrogens is 1. The van der Waals surface area contributed by atoms with Gasteiger partial charge < -0.3 is 10.4 Å². The van der Waals surface area contributed by atoms with Crippen molar-refractivity contribution in [3.8, 4) is 0 Å². The number of carbonyl (C=O) groups is 2. The molecule has 0 aromatic carbocycles. The summed E-state index contributed by atoms with van der Waals surface area (Å²) in [5.74, 6) is -1.36. The first-order valence-corrected chi connectivity index (χ1v) is 6.18. The van der Waals surface area contributed by atoms with Gasteiger partial charge in [0.25, 0.3) is 0 Å². The standard InChI is InChI=1S/C14H18N2O3/c1-11(14(18)19)4-2-9-16-13(17)7-6-12-5-3-8-15-10-12/h3,5-8,10-11H,2,4,9H2,1H3,(H,16,17)(H,18,19)/b7-6+. The minimum absolute atomic E-state index is 0.188. The van der Waals surface area contributed by atoms with Gasteiger partial charge in [0.15, 0.2) is 0 Å². The van der Waals surface area contributed by atoms with E-state index in [-0.39, 0.29) is 11.8 Å². The van der Waals surface area contributed by atoms with Crippen molar-refractivity contribution in [3.63, 3.8) is 0 Å². The monoisotopic (exact) mass is 262 g/mol. The summed E-state index contributed by atoms with van der Waals surface area (Å²) >= 11 is 0. The molecular weight excluding hydrogens is 244 g/mol. The lowest BCUT2D eigenvalue weighted by Gasteiger charge is -2.05. The van der Waals surface area contributed by atoms with E-state index in [0.717, 1.165) is 5.56 Å². The van der Waals surface area contributed by atoms with Crippen molar-refractivity contribution in [2.45, 2.75) is 19.8 Å². The highest BCUT2D eigenvalue weighted by Crippen LogP contribution is 2.04. The fourth-order valence-electron chi connectivity index (χ4n) is 1.45. The molecule has 0 saturated carbocycles. The largest absolute Gasteiger partial charge is 0.481 e. The van der Waals surface area contributed by atoms with Crippen molar-refractivity contribution in [1.29, 1.82) is 0 Å². The second-order valence-electron chi connectivity index (χ2n) is 4.29. The highest BCUT2D eigenvalue weighted by atomic mass is 16.4. The van der Waals surface area contributed by atoms with Gasteiger partial charge in [0.1, 0.15) is 0 Å². The molecule has 1 heterocycles. The molecule has 0 aliphatic heterocycles.